The lowest BCUT2D eigenvalue weighted by atomic mass is 10.1. The van der Waals surface area contributed by atoms with Gasteiger partial charge in [-0.3, -0.25) is 0 Å². The molecule has 2 heterocycles. The summed E-state index contributed by atoms with van der Waals surface area (Å²) in [6.07, 6.45) is 10.6. The lowest BCUT2D eigenvalue weighted by molar-refractivity contribution is 0.352. The standard InChI is InChI=1S/C15H24N4/c1-2-6-13-14(7-3-1)17-12-18-15(13)16-8-11-19-9-4-5-10-19/h12H,1-11H2,(H,16,17,18). The van der Waals surface area contributed by atoms with Crippen LogP contribution >= 0.6 is 0 Å². The van der Waals surface area contributed by atoms with Crippen LogP contribution in [0, 0.1) is 0 Å². The van der Waals surface area contributed by atoms with Gasteiger partial charge in [-0.1, -0.05) is 6.42 Å². The number of nitrogens with zero attached hydrogens (tertiary/aromatic N) is 3. The Morgan fingerprint density at radius 2 is 1.84 bits per heavy atom. The normalized spacial score (nSPS) is 20.0. The molecule has 0 radical (unpaired) electrons. The molecule has 4 heteroatoms. The number of aromatic nitrogens is 2. The zero-order chi connectivity index (χ0) is 12.9. The van der Waals surface area contributed by atoms with E-state index in [4.69, 9.17) is 0 Å². The monoisotopic (exact) mass is 260 g/mol. The quantitative estimate of drug-likeness (QED) is 0.843. The summed E-state index contributed by atoms with van der Waals surface area (Å²) in [6.45, 7) is 4.68. The molecular weight excluding hydrogens is 236 g/mol. The minimum atomic E-state index is 1.00. The van der Waals surface area contributed by atoms with Gasteiger partial charge in [0.2, 0.25) is 0 Å². The summed E-state index contributed by atoms with van der Waals surface area (Å²) in [5, 5.41) is 3.53. The van der Waals surface area contributed by atoms with Gasteiger partial charge in [-0.2, -0.15) is 0 Å². The predicted molar refractivity (Wildman–Crippen MR) is 77.5 cm³/mol. The average molecular weight is 260 g/mol. The molecule has 0 amide bonds. The molecular formula is C15H24N4. The van der Waals surface area contributed by atoms with Gasteiger partial charge in [0.05, 0.1) is 0 Å². The summed E-state index contributed by atoms with van der Waals surface area (Å²) in [5.41, 5.74) is 2.65. The van der Waals surface area contributed by atoms with Gasteiger partial charge >= 0.3 is 0 Å². The van der Waals surface area contributed by atoms with Gasteiger partial charge in [0, 0.05) is 24.3 Å². The first-order chi connectivity index (χ1) is 9.43. The molecule has 0 saturated carbocycles. The van der Waals surface area contributed by atoms with Crippen molar-refractivity contribution in [2.24, 2.45) is 0 Å². The van der Waals surface area contributed by atoms with Crippen LogP contribution in [-0.2, 0) is 12.8 Å². The Morgan fingerprint density at radius 1 is 1.00 bits per heavy atom. The highest BCUT2D eigenvalue weighted by Gasteiger charge is 2.15. The molecule has 104 valence electrons. The van der Waals surface area contributed by atoms with E-state index < -0.39 is 0 Å². The maximum Gasteiger partial charge on any atom is 0.132 e. The Labute approximate surface area is 115 Å². The smallest absolute Gasteiger partial charge is 0.132 e. The van der Waals surface area contributed by atoms with E-state index in [1.54, 1.807) is 6.33 Å². The second kappa shape index (κ2) is 6.33. The highest BCUT2D eigenvalue weighted by molar-refractivity contribution is 5.46. The number of anilines is 1. The molecule has 4 nitrogen and oxygen atoms in total. The van der Waals surface area contributed by atoms with Crippen LogP contribution in [0.3, 0.4) is 0 Å². The molecule has 1 fully saturated rings. The third-order valence-corrected chi connectivity index (χ3v) is 4.29. The molecule has 0 bridgehead atoms. The fourth-order valence-corrected chi connectivity index (χ4v) is 3.19. The first kappa shape index (κ1) is 12.9. The third-order valence-electron chi connectivity index (χ3n) is 4.29. The highest BCUT2D eigenvalue weighted by Crippen LogP contribution is 2.23. The SMILES string of the molecule is c1nc2c(c(NCCN3CCCC3)n1)CCCCC2. The number of fused-ring (bicyclic) bond motifs is 1. The molecule has 3 rings (SSSR count). The van der Waals surface area contributed by atoms with E-state index >= 15 is 0 Å². The van der Waals surface area contributed by atoms with Crippen molar-refractivity contribution in [1.29, 1.82) is 0 Å². The van der Waals surface area contributed by atoms with Crippen molar-refractivity contribution in [3.8, 4) is 0 Å². The fourth-order valence-electron chi connectivity index (χ4n) is 3.19. The average Bonchev–Trinajstić information content (AvgIpc) is 2.82. The van der Waals surface area contributed by atoms with Gasteiger partial charge in [-0.25, -0.2) is 9.97 Å². The van der Waals surface area contributed by atoms with E-state index in [1.165, 1.54) is 56.5 Å². The van der Waals surface area contributed by atoms with Crippen LogP contribution in [0.25, 0.3) is 0 Å². The second-order valence-electron chi connectivity index (χ2n) is 5.68. The topological polar surface area (TPSA) is 41.1 Å². The summed E-state index contributed by atoms with van der Waals surface area (Å²) in [6, 6.07) is 0. The van der Waals surface area contributed by atoms with E-state index in [0.29, 0.717) is 0 Å². The van der Waals surface area contributed by atoms with Gasteiger partial charge in [0.15, 0.2) is 0 Å². The molecule has 2 aliphatic rings. The van der Waals surface area contributed by atoms with Crippen molar-refractivity contribution < 1.29 is 0 Å². The molecule has 1 saturated heterocycles. The molecule has 0 spiro atoms. The zero-order valence-corrected chi connectivity index (χ0v) is 11.7. The van der Waals surface area contributed by atoms with Gasteiger partial charge in [-0.05, 0) is 51.6 Å². The van der Waals surface area contributed by atoms with E-state index in [9.17, 15) is 0 Å². The molecule has 1 aliphatic heterocycles. The Balaban J connectivity index is 1.60. The van der Waals surface area contributed by atoms with E-state index in [-0.39, 0.29) is 0 Å². The molecule has 1 aromatic heterocycles. The van der Waals surface area contributed by atoms with Crippen LogP contribution in [0.15, 0.2) is 6.33 Å². The second-order valence-corrected chi connectivity index (χ2v) is 5.68. The van der Waals surface area contributed by atoms with Gasteiger partial charge in [0.25, 0.3) is 0 Å². The lowest BCUT2D eigenvalue weighted by Gasteiger charge is -2.16. The van der Waals surface area contributed by atoms with Gasteiger partial charge in [-0.15, -0.1) is 0 Å². The summed E-state index contributed by atoms with van der Waals surface area (Å²) >= 11 is 0. The van der Waals surface area contributed by atoms with E-state index in [1.807, 2.05) is 0 Å². The summed E-state index contributed by atoms with van der Waals surface area (Å²) in [7, 11) is 0. The third kappa shape index (κ3) is 3.24. The number of likely N-dealkylation sites (tertiary alicyclic amines) is 1. The molecule has 0 atom stereocenters. The molecule has 0 unspecified atom stereocenters. The lowest BCUT2D eigenvalue weighted by Crippen LogP contribution is -2.26. The number of aryl methyl sites for hydroxylation is 1. The Kier molecular flexibility index (Phi) is 4.28. The fraction of sp³-hybridized carbons (Fsp3) is 0.733. The van der Waals surface area contributed by atoms with Crippen LogP contribution in [-0.4, -0.2) is 41.0 Å². The number of hydrogen-bond donors (Lipinski definition) is 1. The summed E-state index contributed by atoms with van der Waals surface area (Å²) in [4.78, 5) is 11.5. The van der Waals surface area contributed by atoms with Crippen molar-refractivity contribution >= 4 is 5.82 Å². The molecule has 1 N–H and O–H groups in total. The molecule has 19 heavy (non-hydrogen) atoms. The van der Waals surface area contributed by atoms with Crippen molar-refractivity contribution in [3.63, 3.8) is 0 Å². The van der Waals surface area contributed by atoms with Crippen molar-refractivity contribution in [1.82, 2.24) is 14.9 Å². The number of hydrogen-bond acceptors (Lipinski definition) is 4. The minimum absolute atomic E-state index is 1.00. The number of rotatable bonds is 4. The zero-order valence-electron chi connectivity index (χ0n) is 11.7. The maximum absolute atomic E-state index is 4.46. The largest absolute Gasteiger partial charge is 0.368 e. The summed E-state index contributed by atoms with van der Waals surface area (Å²) in [5.74, 6) is 1.09. The minimum Gasteiger partial charge on any atom is -0.368 e. The van der Waals surface area contributed by atoms with Gasteiger partial charge in [0.1, 0.15) is 12.1 Å². The molecule has 0 aromatic carbocycles. The Hall–Kier alpha value is -1.16. The van der Waals surface area contributed by atoms with Crippen LogP contribution < -0.4 is 5.32 Å². The molecule has 1 aliphatic carbocycles. The van der Waals surface area contributed by atoms with Crippen molar-refractivity contribution in [2.45, 2.75) is 44.9 Å². The Bertz CT molecular complexity index is 413. The summed E-state index contributed by atoms with van der Waals surface area (Å²) < 4.78 is 0. The highest BCUT2D eigenvalue weighted by atomic mass is 15.2. The van der Waals surface area contributed by atoms with Crippen LogP contribution in [0.5, 0.6) is 0 Å². The van der Waals surface area contributed by atoms with Crippen LogP contribution in [0.2, 0.25) is 0 Å². The Morgan fingerprint density at radius 3 is 2.74 bits per heavy atom. The van der Waals surface area contributed by atoms with Gasteiger partial charge < -0.3 is 10.2 Å². The van der Waals surface area contributed by atoms with Crippen molar-refractivity contribution in [2.75, 3.05) is 31.5 Å². The first-order valence-corrected chi connectivity index (χ1v) is 7.72. The van der Waals surface area contributed by atoms with Crippen LogP contribution in [0.4, 0.5) is 5.82 Å². The van der Waals surface area contributed by atoms with E-state index in [2.05, 4.69) is 20.2 Å². The molecule has 1 aromatic rings. The van der Waals surface area contributed by atoms with Crippen LogP contribution in [0.1, 0.15) is 43.4 Å². The maximum atomic E-state index is 4.46. The van der Waals surface area contributed by atoms with E-state index in [0.717, 1.165) is 31.7 Å². The first-order valence-electron chi connectivity index (χ1n) is 7.72. The number of nitrogens with one attached hydrogen (secondary N) is 1. The van der Waals surface area contributed by atoms with Crippen molar-refractivity contribution in [3.05, 3.63) is 17.6 Å². The predicted octanol–water partition coefficient (Wildman–Crippen LogP) is 2.25.